The van der Waals surface area contributed by atoms with Crippen LogP contribution in [0.4, 0.5) is 0 Å². The second kappa shape index (κ2) is 2.94. The zero-order valence-electron chi connectivity index (χ0n) is 7.19. The van der Waals surface area contributed by atoms with Crippen molar-refractivity contribution in [3.8, 4) is 0 Å². The fourth-order valence-electron chi connectivity index (χ4n) is 1.26. The highest BCUT2D eigenvalue weighted by Gasteiger charge is 2.00. The molecule has 0 amide bonds. The van der Waals surface area contributed by atoms with Crippen LogP contribution in [0.5, 0.6) is 0 Å². The summed E-state index contributed by atoms with van der Waals surface area (Å²) >= 11 is 0. The van der Waals surface area contributed by atoms with Crippen LogP contribution in [0.15, 0.2) is 24.4 Å². The van der Waals surface area contributed by atoms with Gasteiger partial charge in [-0.15, -0.1) is 0 Å². The van der Waals surface area contributed by atoms with Crippen LogP contribution in [0.25, 0.3) is 10.9 Å². The molecule has 13 heavy (non-hydrogen) atoms. The molecule has 0 atom stereocenters. The van der Waals surface area contributed by atoms with Gasteiger partial charge in [-0.25, -0.2) is 9.97 Å². The Kier molecular flexibility index (Phi) is 1.77. The van der Waals surface area contributed by atoms with E-state index in [0.29, 0.717) is 11.4 Å². The minimum Gasteiger partial charge on any atom is -0.298 e. The molecule has 3 heteroatoms. The quantitative estimate of drug-likeness (QED) is 0.615. The number of carbonyl (C=O) groups is 1. The summed E-state index contributed by atoms with van der Waals surface area (Å²) in [5.41, 5.74) is 1.34. The van der Waals surface area contributed by atoms with E-state index < -0.39 is 0 Å². The molecule has 3 nitrogen and oxygen atoms in total. The summed E-state index contributed by atoms with van der Waals surface area (Å²) < 4.78 is 0. The lowest BCUT2D eigenvalue weighted by Crippen LogP contribution is -1.91. The van der Waals surface area contributed by atoms with Gasteiger partial charge >= 0.3 is 0 Å². The van der Waals surface area contributed by atoms with Crippen LogP contribution in [0.1, 0.15) is 16.2 Å². The first-order chi connectivity index (χ1) is 6.31. The summed E-state index contributed by atoms with van der Waals surface area (Å²) in [5.74, 6) is 0.682. The number of benzene rings is 1. The van der Waals surface area contributed by atoms with Crippen molar-refractivity contribution in [3.63, 3.8) is 0 Å². The fourth-order valence-corrected chi connectivity index (χ4v) is 1.26. The van der Waals surface area contributed by atoms with E-state index in [-0.39, 0.29) is 0 Å². The van der Waals surface area contributed by atoms with Crippen LogP contribution in [-0.2, 0) is 0 Å². The van der Waals surface area contributed by atoms with Crippen molar-refractivity contribution in [2.45, 2.75) is 6.92 Å². The molecule has 0 bridgehead atoms. The van der Waals surface area contributed by atoms with Crippen molar-refractivity contribution < 1.29 is 4.79 Å². The Morgan fingerprint density at radius 2 is 2.23 bits per heavy atom. The summed E-state index contributed by atoms with van der Waals surface area (Å²) in [7, 11) is 0. The highest BCUT2D eigenvalue weighted by Crippen LogP contribution is 2.13. The Morgan fingerprint density at radius 1 is 1.38 bits per heavy atom. The lowest BCUT2D eigenvalue weighted by atomic mass is 10.1. The average Bonchev–Trinajstić information content (AvgIpc) is 2.17. The number of carbonyl (C=O) groups excluding carboxylic acids is 1. The standard InChI is InChI=1S/C10H8N2O/c1-7-11-5-8-3-2-4-9(6-13)10(8)12-7/h2-6H,1H3. The van der Waals surface area contributed by atoms with Crippen molar-refractivity contribution in [1.82, 2.24) is 9.97 Å². The zero-order valence-corrected chi connectivity index (χ0v) is 7.19. The molecule has 2 aromatic rings. The first-order valence-corrected chi connectivity index (χ1v) is 3.99. The van der Waals surface area contributed by atoms with Gasteiger partial charge in [0.15, 0.2) is 6.29 Å². The monoisotopic (exact) mass is 172 g/mol. The van der Waals surface area contributed by atoms with Gasteiger partial charge in [0.1, 0.15) is 5.82 Å². The second-order valence-electron chi connectivity index (χ2n) is 2.82. The number of hydrogen-bond donors (Lipinski definition) is 0. The van der Waals surface area contributed by atoms with E-state index in [4.69, 9.17) is 0 Å². The van der Waals surface area contributed by atoms with Gasteiger partial charge < -0.3 is 0 Å². The molecule has 2 rings (SSSR count). The molecule has 0 aliphatic heterocycles. The largest absolute Gasteiger partial charge is 0.298 e. The molecule has 0 radical (unpaired) electrons. The summed E-state index contributed by atoms with van der Waals surface area (Å²) in [6.45, 7) is 1.81. The molecule has 1 aromatic carbocycles. The Hall–Kier alpha value is -1.77. The minimum absolute atomic E-state index is 0.614. The summed E-state index contributed by atoms with van der Waals surface area (Å²) in [4.78, 5) is 18.9. The molecule has 0 saturated heterocycles. The SMILES string of the molecule is Cc1ncc2cccc(C=O)c2n1. The van der Waals surface area contributed by atoms with E-state index in [9.17, 15) is 4.79 Å². The Morgan fingerprint density at radius 3 is 3.00 bits per heavy atom. The lowest BCUT2D eigenvalue weighted by molar-refractivity contribution is 0.112. The van der Waals surface area contributed by atoms with Crippen molar-refractivity contribution in [3.05, 3.63) is 35.8 Å². The molecular weight excluding hydrogens is 164 g/mol. The van der Waals surface area contributed by atoms with Crippen LogP contribution < -0.4 is 0 Å². The third kappa shape index (κ3) is 1.28. The van der Waals surface area contributed by atoms with E-state index >= 15 is 0 Å². The van der Waals surface area contributed by atoms with Gasteiger partial charge in [-0.3, -0.25) is 4.79 Å². The lowest BCUT2D eigenvalue weighted by Gasteiger charge is -1.99. The molecule has 0 fully saturated rings. The molecule has 0 spiro atoms. The van der Waals surface area contributed by atoms with E-state index in [1.165, 1.54) is 0 Å². The van der Waals surface area contributed by atoms with Crippen LogP contribution in [0.3, 0.4) is 0 Å². The summed E-state index contributed by atoms with van der Waals surface area (Å²) in [5, 5.41) is 0.898. The first kappa shape index (κ1) is 7.86. The van der Waals surface area contributed by atoms with Crippen molar-refractivity contribution in [2.75, 3.05) is 0 Å². The smallest absolute Gasteiger partial charge is 0.152 e. The van der Waals surface area contributed by atoms with Gasteiger partial charge in [0, 0.05) is 17.1 Å². The van der Waals surface area contributed by atoms with Gasteiger partial charge in [-0.05, 0) is 13.0 Å². The van der Waals surface area contributed by atoms with Crippen LogP contribution >= 0.6 is 0 Å². The summed E-state index contributed by atoms with van der Waals surface area (Å²) in [6, 6.07) is 5.47. The van der Waals surface area contributed by atoms with Gasteiger partial charge in [0.2, 0.25) is 0 Å². The number of nitrogens with zero attached hydrogens (tertiary/aromatic N) is 2. The van der Waals surface area contributed by atoms with E-state index in [0.717, 1.165) is 17.2 Å². The maximum absolute atomic E-state index is 10.7. The van der Waals surface area contributed by atoms with Crippen molar-refractivity contribution >= 4 is 17.2 Å². The normalized spacial score (nSPS) is 10.2. The van der Waals surface area contributed by atoms with E-state index in [1.54, 1.807) is 19.2 Å². The number of fused-ring (bicyclic) bond motifs is 1. The molecule has 0 N–H and O–H groups in total. The molecular formula is C10H8N2O. The predicted octanol–water partition coefficient (Wildman–Crippen LogP) is 1.75. The molecule has 0 saturated carbocycles. The van der Waals surface area contributed by atoms with E-state index in [2.05, 4.69) is 9.97 Å². The number of aryl methyl sites for hydroxylation is 1. The Bertz CT molecular complexity index is 465. The summed E-state index contributed by atoms with van der Waals surface area (Å²) in [6.07, 6.45) is 2.54. The molecule has 0 unspecified atom stereocenters. The van der Waals surface area contributed by atoms with Crippen LogP contribution in [0.2, 0.25) is 0 Å². The number of aldehydes is 1. The number of para-hydroxylation sites is 1. The maximum Gasteiger partial charge on any atom is 0.152 e. The highest BCUT2D eigenvalue weighted by molar-refractivity contribution is 5.95. The second-order valence-corrected chi connectivity index (χ2v) is 2.82. The maximum atomic E-state index is 10.7. The van der Waals surface area contributed by atoms with Crippen LogP contribution in [-0.4, -0.2) is 16.3 Å². The molecule has 0 aliphatic rings. The van der Waals surface area contributed by atoms with E-state index in [1.807, 2.05) is 12.1 Å². The predicted molar refractivity (Wildman–Crippen MR) is 49.7 cm³/mol. The topological polar surface area (TPSA) is 42.9 Å². The Balaban J connectivity index is 2.86. The van der Waals surface area contributed by atoms with Crippen LogP contribution in [0, 0.1) is 6.92 Å². The van der Waals surface area contributed by atoms with Crippen molar-refractivity contribution in [2.24, 2.45) is 0 Å². The molecule has 0 aliphatic carbocycles. The average molecular weight is 172 g/mol. The van der Waals surface area contributed by atoms with Gasteiger partial charge in [-0.2, -0.15) is 0 Å². The van der Waals surface area contributed by atoms with Gasteiger partial charge in [0.25, 0.3) is 0 Å². The number of rotatable bonds is 1. The molecule has 64 valence electrons. The minimum atomic E-state index is 0.614. The fraction of sp³-hybridized carbons (Fsp3) is 0.100. The third-order valence-electron chi connectivity index (χ3n) is 1.89. The first-order valence-electron chi connectivity index (χ1n) is 3.99. The molecule has 1 aromatic heterocycles. The zero-order chi connectivity index (χ0) is 9.26. The van der Waals surface area contributed by atoms with Crippen molar-refractivity contribution in [1.29, 1.82) is 0 Å². The molecule has 1 heterocycles. The number of hydrogen-bond acceptors (Lipinski definition) is 3. The van der Waals surface area contributed by atoms with Gasteiger partial charge in [-0.1, -0.05) is 12.1 Å². The highest BCUT2D eigenvalue weighted by atomic mass is 16.1. The van der Waals surface area contributed by atoms with Gasteiger partial charge in [0.05, 0.1) is 5.52 Å². The third-order valence-corrected chi connectivity index (χ3v) is 1.89. The Labute approximate surface area is 75.4 Å². The number of aromatic nitrogens is 2.